The lowest BCUT2D eigenvalue weighted by molar-refractivity contribution is -0.113. The fraction of sp³-hybridized carbons (Fsp3) is 0.300. The maximum atomic E-state index is 11.2. The topological polar surface area (TPSA) is 49.3 Å². The summed E-state index contributed by atoms with van der Waals surface area (Å²) in [4.78, 5) is 12.2. The van der Waals surface area contributed by atoms with E-state index in [2.05, 4.69) is 17.9 Å². The minimum absolute atomic E-state index is 0.00464. The number of anilines is 1. The summed E-state index contributed by atoms with van der Waals surface area (Å²) in [6, 6.07) is 5.59. The van der Waals surface area contributed by atoms with Crippen molar-refractivity contribution in [1.82, 2.24) is 0 Å². The zero-order valence-electron chi connectivity index (χ0n) is 7.93. The number of benzene rings is 1. The third-order valence-electron chi connectivity index (χ3n) is 2.19. The maximum Gasteiger partial charge on any atom is 0.234 e. The summed E-state index contributed by atoms with van der Waals surface area (Å²) in [5, 5.41) is 12.4. The van der Waals surface area contributed by atoms with Gasteiger partial charge in [-0.05, 0) is 17.7 Å². The van der Waals surface area contributed by atoms with Gasteiger partial charge in [0, 0.05) is 10.6 Å². The number of fused-ring (bicyclic) bond motifs is 1. The summed E-state index contributed by atoms with van der Waals surface area (Å²) in [6.07, 6.45) is -0.581. The van der Waals surface area contributed by atoms with Crippen molar-refractivity contribution in [3.05, 3.63) is 23.8 Å². The molecule has 1 amide bonds. The molecule has 0 saturated carbocycles. The number of aliphatic hydroxyl groups is 1. The largest absolute Gasteiger partial charge is 0.388 e. The lowest BCUT2D eigenvalue weighted by Gasteiger charge is -2.18. The van der Waals surface area contributed by atoms with Gasteiger partial charge < -0.3 is 10.4 Å². The normalized spacial score (nSPS) is 16.8. The van der Waals surface area contributed by atoms with Gasteiger partial charge in [0.15, 0.2) is 0 Å². The lowest BCUT2D eigenvalue weighted by Crippen LogP contribution is -2.19. The zero-order valence-corrected chi connectivity index (χ0v) is 9.65. The molecule has 0 radical (unpaired) electrons. The third kappa shape index (κ3) is 2.30. The fourth-order valence-corrected chi connectivity index (χ4v) is 2.41. The van der Waals surface area contributed by atoms with Gasteiger partial charge >= 0.3 is 0 Å². The molecule has 1 atom stereocenters. The van der Waals surface area contributed by atoms with Crippen LogP contribution in [0.2, 0.25) is 0 Å². The first-order chi connectivity index (χ1) is 7.20. The molecule has 80 valence electrons. The van der Waals surface area contributed by atoms with Crippen molar-refractivity contribution < 1.29 is 9.90 Å². The van der Waals surface area contributed by atoms with Crippen molar-refractivity contribution in [2.45, 2.75) is 11.0 Å². The van der Waals surface area contributed by atoms with Gasteiger partial charge in [-0.15, -0.1) is 11.8 Å². The molecule has 0 aliphatic carbocycles. The first-order valence-electron chi connectivity index (χ1n) is 4.56. The lowest BCUT2D eigenvalue weighted by atomic mass is 10.1. The van der Waals surface area contributed by atoms with E-state index in [-0.39, 0.29) is 5.91 Å². The Kier molecular flexibility index (Phi) is 3.23. The average Bonchev–Trinajstić information content (AvgIpc) is 2.27. The highest BCUT2D eigenvalue weighted by molar-refractivity contribution is 8.00. The van der Waals surface area contributed by atoms with Crippen LogP contribution in [-0.4, -0.2) is 22.5 Å². The Labute approximate surface area is 97.7 Å². The van der Waals surface area contributed by atoms with E-state index in [1.54, 1.807) is 6.07 Å². The Morgan fingerprint density at radius 3 is 3.13 bits per heavy atom. The monoisotopic (exact) mass is 241 g/mol. The van der Waals surface area contributed by atoms with Crippen LogP contribution in [0.3, 0.4) is 0 Å². The molecule has 1 aromatic carbocycles. The van der Waals surface area contributed by atoms with Crippen LogP contribution in [0.25, 0.3) is 0 Å². The molecule has 2 rings (SSSR count). The first kappa shape index (κ1) is 10.9. The van der Waals surface area contributed by atoms with Gasteiger partial charge in [0.1, 0.15) is 0 Å². The fourth-order valence-electron chi connectivity index (χ4n) is 1.41. The summed E-state index contributed by atoms with van der Waals surface area (Å²) in [7, 11) is 0. The summed E-state index contributed by atoms with van der Waals surface area (Å²) in [5.41, 5.74) is 1.57. The number of thiol groups is 1. The predicted octanol–water partition coefficient (Wildman–Crippen LogP) is 1.69. The minimum Gasteiger partial charge on any atom is -0.388 e. The highest BCUT2D eigenvalue weighted by atomic mass is 32.2. The molecule has 0 fully saturated rings. The zero-order chi connectivity index (χ0) is 10.8. The number of thioether (sulfide) groups is 1. The molecule has 0 bridgehead atoms. The number of hydrogen-bond acceptors (Lipinski definition) is 4. The van der Waals surface area contributed by atoms with Crippen LogP contribution < -0.4 is 5.32 Å². The number of hydrogen-bond donors (Lipinski definition) is 3. The van der Waals surface area contributed by atoms with Crippen molar-refractivity contribution in [3.8, 4) is 0 Å². The van der Waals surface area contributed by atoms with Gasteiger partial charge in [0.25, 0.3) is 0 Å². The van der Waals surface area contributed by atoms with Gasteiger partial charge in [-0.1, -0.05) is 6.07 Å². The van der Waals surface area contributed by atoms with E-state index in [0.717, 1.165) is 16.1 Å². The molecule has 1 heterocycles. The van der Waals surface area contributed by atoms with Crippen LogP contribution in [-0.2, 0) is 4.79 Å². The molecule has 0 spiro atoms. The van der Waals surface area contributed by atoms with Crippen LogP contribution >= 0.6 is 24.4 Å². The standard InChI is InChI=1S/C10H11NO2S2/c12-8(4-14)6-1-2-9-7(3-6)11-10(13)5-15-9/h1-3,8,12,14H,4-5H2,(H,11,13). The second-order valence-electron chi connectivity index (χ2n) is 3.29. The Morgan fingerprint density at radius 1 is 1.60 bits per heavy atom. The minimum atomic E-state index is -0.581. The van der Waals surface area contributed by atoms with E-state index in [4.69, 9.17) is 0 Å². The molecule has 5 heteroatoms. The molecular formula is C10H11NO2S2. The number of carbonyl (C=O) groups excluding carboxylic acids is 1. The van der Waals surface area contributed by atoms with Crippen molar-refractivity contribution in [3.63, 3.8) is 0 Å². The van der Waals surface area contributed by atoms with Crippen molar-refractivity contribution in [2.24, 2.45) is 0 Å². The van der Waals surface area contributed by atoms with Crippen molar-refractivity contribution in [1.29, 1.82) is 0 Å². The van der Waals surface area contributed by atoms with Gasteiger partial charge in [0.2, 0.25) is 5.91 Å². The summed E-state index contributed by atoms with van der Waals surface area (Å²) < 4.78 is 0. The van der Waals surface area contributed by atoms with Gasteiger partial charge in [-0.2, -0.15) is 12.6 Å². The summed E-state index contributed by atoms with van der Waals surface area (Å²) in [5.74, 6) is 0.839. The van der Waals surface area contributed by atoms with E-state index in [9.17, 15) is 9.90 Å². The van der Waals surface area contributed by atoms with Gasteiger partial charge in [0.05, 0.1) is 17.5 Å². The molecule has 1 aromatic rings. The van der Waals surface area contributed by atoms with E-state index in [1.165, 1.54) is 11.8 Å². The summed E-state index contributed by atoms with van der Waals surface area (Å²) >= 11 is 5.54. The van der Waals surface area contributed by atoms with Crippen LogP contribution in [0.1, 0.15) is 11.7 Å². The van der Waals surface area contributed by atoms with Crippen LogP contribution in [0.15, 0.2) is 23.1 Å². The predicted molar refractivity (Wildman–Crippen MR) is 64.6 cm³/mol. The molecule has 1 aliphatic rings. The van der Waals surface area contributed by atoms with Crippen molar-refractivity contribution >= 4 is 36.0 Å². The smallest absolute Gasteiger partial charge is 0.234 e. The quantitative estimate of drug-likeness (QED) is 0.691. The molecular weight excluding hydrogens is 230 g/mol. The molecule has 3 nitrogen and oxygen atoms in total. The highest BCUT2D eigenvalue weighted by Crippen LogP contribution is 2.33. The second-order valence-corrected chi connectivity index (χ2v) is 4.67. The molecule has 2 N–H and O–H groups in total. The number of aliphatic hydroxyl groups excluding tert-OH is 1. The second kappa shape index (κ2) is 4.47. The number of carbonyl (C=O) groups is 1. The van der Waals surface area contributed by atoms with Crippen LogP contribution in [0, 0.1) is 0 Å². The van der Waals surface area contributed by atoms with Gasteiger partial charge in [-0.25, -0.2) is 0 Å². The Balaban J connectivity index is 2.32. The van der Waals surface area contributed by atoms with Crippen LogP contribution in [0.5, 0.6) is 0 Å². The van der Waals surface area contributed by atoms with E-state index in [1.807, 2.05) is 12.1 Å². The Morgan fingerprint density at radius 2 is 2.40 bits per heavy atom. The number of nitrogens with one attached hydrogen (secondary N) is 1. The SMILES string of the molecule is O=C1CSc2ccc(C(O)CS)cc2N1. The average molecular weight is 241 g/mol. The molecule has 1 unspecified atom stereocenters. The van der Waals surface area contributed by atoms with E-state index in [0.29, 0.717) is 11.5 Å². The molecule has 0 aromatic heterocycles. The van der Waals surface area contributed by atoms with Crippen molar-refractivity contribution in [2.75, 3.05) is 16.8 Å². The first-order valence-corrected chi connectivity index (χ1v) is 6.18. The molecule has 15 heavy (non-hydrogen) atoms. The maximum absolute atomic E-state index is 11.2. The van der Waals surface area contributed by atoms with Crippen LogP contribution in [0.4, 0.5) is 5.69 Å². The third-order valence-corrected chi connectivity index (χ3v) is 3.61. The van der Waals surface area contributed by atoms with E-state index >= 15 is 0 Å². The molecule has 0 saturated heterocycles. The summed E-state index contributed by atoms with van der Waals surface area (Å²) in [6.45, 7) is 0. The Bertz CT molecular complexity index is 395. The number of amides is 1. The molecule has 1 aliphatic heterocycles. The van der Waals surface area contributed by atoms with Gasteiger partial charge in [-0.3, -0.25) is 4.79 Å². The van der Waals surface area contributed by atoms with E-state index < -0.39 is 6.10 Å². The Hall–Kier alpha value is -0.650. The number of rotatable bonds is 2. The highest BCUT2D eigenvalue weighted by Gasteiger charge is 2.16.